The average molecular weight is 248 g/mol. The summed E-state index contributed by atoms with van der Waals surface area (Å²) in [6, 6.07) is 1.86. The minimum absolute atomic E-state index is 0.00659. The smallest absolute Gasteiger partial charge is 0.240 e. The van der Waals surface area contributed by atoms with Gasteiger partial charge in [-0.15, -0.1) is 0 Å². The summed E-state index contributed by atoms with van der Waals surface area (Å²) in [6.45, 7) is 6.27. The molecule has 1 fully saturated rings. The topological polar surface area (TPSA) is 58.1 Å². The molecule has 1 atom stereocenters. The summed E-state index contributed by atoms with van der Waals surface area (Å²) in [5.41, 5.74) is 0.909. The summed E-state index contributed by atoms with van der Waals surface area (Å²) in [6.07, 6.45) is 3.68. The Morgan fingerprint density at radius 3 is 3.11 bits per heavy atom. The van der Waals surface area contributed by atoms with Gasteiger partial charge in [0.2, 0.25) is 5.91 Å². The van der Waals surface area contributed by atoms with Crippen LogP contribution in [0.1, 0.15) is 31.3 Å². The van der Waals surface area contributed by atoms with Crippen molar-refractivity contribution < 1.29 is 4.79 Å². The molecular weight excluding hydrogens is 228 g/mol. The number of aromatic nitrogens is 2. The fraction of sp³-hybridized carbons (Fsp3) is 0.615. The molecule has 98 valence electrons. The fourth-order valence-electron chi connectivity index (χ4n) is 2.19. The lowest BCUT2D eigenvalue weighted by molar-refractivity contribution is -0.129. The summed E-state index contributed by atoms with van der Waals surface area (Å²) in [5, 5.41) is 3.28. The van der Waals surface area contributed by atoms with Crippen LogP contribution in [0, 0.1) is 6.92 Å². The Balaban J connectivity index is 1.93. The third-order valence-electron chi connectivity index (χ3n) is 3.12. The second-order valence-corrected chi connectivity index (χ2v) is 4.65. The third kappa shape index (κ3) is 3.04. The first kappa shape index (κ1) is 13.0. The van der Waals surface area contributed by atoms with E-state index >= 15 is 0 Å². The summed E-state index contributed by atoms with van der Waals surface area (Å²) in [5.74, 6) is 0.944. The molecule has 5 nitrogen and oxygen atoms in total. The first-order valence-electron chi connectivity index (χ1n) is 6.51. The lowest BCUT2D eigenvalue weighted by atomic mass is 10.2. The fourth-order valence-corrected chi connectivity index (χ4v) is 2.19. The number of rotatable bonds is 5. The molecule has 2 heterocycles. The van der Waals surface area contributed by atoms with Crippen LogP contribution in [-0.2, 0) is 11.3 Å². The van der Waals surface area contributed by atoms with E-state index in [0.717, 1.165) is 37.4 Å². The van der Waals surface area contributed by atoms with Crippen LogP contribution in [0.3, 0.4) is 0 Å². The van der Waals surface area contributed by atoms with Crippen LogP contribution in [0.25, 0.3) is 0 Å². The van der Waals surface area contributed by atoms with E-state index in [9.17, 15) is 4.79 Å². The van der Waals surface area contributed by atoms with Gasteiger partial charge in [0, 0.05) is 12.7 Å². The zero-order valence-corrected chi connectivity index (χ0v) is 11.0. The van der Waals surface area contributed by atoms with Crippen LogP contribution < -0.4 is 5.32 Å². The Bertz CT molecular complexity index is 421. The molecule has 1 unspecified atom stereocenters. The van der Waals surface area contributed by atoms with Gasteiger partial charge < -0.3 is 10.2 Å². The first-order valence-corrected chi connectivity index (χ1v) is 6.51. The lowest BCUT2D eigenvalue weighted by Gasteiger charge is -2.16. The van der Waals surface area contributed by atoms with Crippen LogP contribution in [0.15, 0.2) is 12.3 Å². The highest BCUT2D eigenvalue weighted by Gasteiger charge is 2.30. The van der Waals surface area contributed by atoms with Crippen molar-refractivity contribution >= 4 is 5.91 Å². The van der Waals surface area contributed by atoms with E-state index in [1.807, 2.05) is 17.9 Å². The molecule has 1 aromatic heterocycles. The number of nitrogens with zero attached hydrogens (tertiary/aromatic N) is 3. The maximum Gasteiger partial charge on any atom is 0.240 e. The third-order valence-corrected chi connectivity index (χ3v) is 3.12. The van der Waals surface area contributed by atoms with Crippen molar-refractivity contribution in [3.63, 3.8) is 0 Å². The molecule has 0 aliphatic carbocycles. The predicted molar refractivity (Wildman–Crippen MR) is 68.9 cm³/mol. The molecule has 1 aliphatic heterocycles. The minimum atomic E-state index is -0.00659. The number of likely N-dealkylation sites (tertiary alicyclic amines) is 1. The molecule has 0 radical (unpaired) electrons. The van der Waals surface area contributed by atoms with Crippen molar-refractivity contribution in [2.75, 3.05) is 13.1 Å². The molecule has 5 heteroatoms. The summed E-state index contributed by atoms with van der Waals surface area (Å²) < 4.78 is 0. The van der Waals surface area contributed by atoms with Gasteiger partial charge in [-0.2, -0.15) is 0 Å². The number of hydrogen-bond donors (Lipinski definition) is 1. The largest absolute Gasteiger partial charge is 0.335 e. The van der Waals surface area contributed by atoms with Crippen LogP contribution in [0.5, 0.6) is 0 Å². The highest BCUT2D eigenvalue weighted by atomic mass is 16.2. The highest BCUT2D eigenvalue weighted by Crippen LogP contribution is 2.14. The van der Waals surface area contributed by atoms with Crippen molar-refractivity contribution in [2.24, 2.45) is 0 Å². The highest BCUT2D eigenvalue weighted by molar-refractivity contribution is 5.83. The molecule has 0 bridgehead atoms. The van der Waals surface area contributed by atoms with Crippen LogP contribution in [0.4, 0.5) is 0 Å². The van der Waals surface area contributed by atoms with Gasteiger partial charge >= 0.3 is 0 Å². The number of carbonyl (C=O) groups is 1. The standard InChI is InChI=1S/C13H20N4O/c1-3-6-15-12-5-8-17(13(12)18)9-11-4-7-14-10(2)16-11/h4,7,12,15H,3,5-6,8-9H2,1-2H3. The van der Waals surface area contributed by atoms with Crippen molar-refractivity contribution in [2.45, 2.75) is 39.3 Å². The zero-order valence-electron chi connectivity index (χ0n) is 11.0. The van der Waals surface area contributed by atoms with E-state index in [2.05, 4.69) is 22.2 Å². The van der Waals surface area contributed by atoms with E-state index in [1.54, 1.807) is 6.20 Å². The molecule has 1 amide bonds. The summed E-state index contributed by atoms with van der Waals surface area (Å²) >= 11 is 0. The number of hydrogen-bond acceptors (Lipinski definition) is 4. The Hall–Kier alpha value is -1.49. The van der Waals surface area contributed by atoms with Gasteiger partial charge in [0.05, 0.1) is 18.3 Å². The van der Waals surface area contributed by atoms with Crippen LogP contribution >= 0.6 is 0 Å². The second kappa shape index (κ2) is 5.91. The molecule has 1 aliphatic rings. The first-order chi connectivity index (χ1) is 8.70. The monoisotopic (exact) mass is 248 g/mol. The molecule has 0 saturated carbocycles. The molecule has 18 heavy (non-hydrogen) atoms. The molecule has 1 N–H and O–H groups in total. The lowest BCUT2D eigenvalue weighted by Crippen LogP contribution is -2.38. The quantitative estimate of drug-likeness (QED) is 0.840. The Morgan fingerprint density at radius 1 is 1.56 bits per heavy atom. The van der Waals surface area contributed by atoms with Crippen molar-refractivity contribution in [1.82, 2.24) is 20.2 Å². The van der Waals surface area contributed by atoms with E-state index in [4.69, 9.17) is 0 Å². The second-order valence-electron chi connectivity index (χ2n) is 4.65. The van der Waals surface area contributed by atoms with Gasteiger partial charge in [-0.25, -0.2) is 9.97 Å². The van der Waals surface area contributed by atoms with E-state index in [0.29, 0.717) is 6.54 Å². The summed E-state index contributed by atoms with van der Waals surface area (Å²) in [7, 11) is 0. The average Bonchev–Trinajstić information content (AvgIpc) is 2.69. The SMILES string of the molecule is CCCNC1CCN(Cc2ccnc(C)n2)C1=O. The number of amides is 1. The Labute approximate surface area is 108 Å². The number of carbonyl (C=O) groups excluding carboxylic acids is 1. The van der Waals surface area contributed by atoms with Gasteiger partial charge in [0.15, 0.2) is 0 Å². The Morgan fingerprint density at radius 2 is 2.39 bits per heavy atom. The molecule has 1 aromatic rings. The van der Waals surface area contributed by atoms with Gasteiger partial charge in [0.25, 0.3) is 0 Å². The van der Waals surface area contributed by atoms with Gasteiger partial charge in [-0.1, -0.05) is 6.92 Å². The number of nitrogens with one attached hydrogen (secondary N) is 1. The zero-order chi connectivity index (χ0) is 13.0. The van der Waals surface area contributed by atoms with E-state index in [1.165, 1.54) is 0 Å². The van der Waals surface area contributed by atoms with Crippen molar-refractivity contribution in [3.05, 3.63) is 23.8 Å². The predicted octanol–water partition coefficient (Wildman–Crippen LogP) is 0.886. The molecule has 0 aromatic carbocycles. The molecular formula is C13H20N4O. The number of aryl methyl sites for hydroxylation is 1. The van der Waals surface area contributed by atoms with E-state index in [-0.39, 0.29) is 11.9 Å². The summed E-state index contributed by atoms with van der Waals surface area (Å²) in [4.78, 5) is 22.4. The van der Waals surface area contributed by atoms with Crippen molar-refractivity contribution in [1.29, 1.82) is 0 Å². The van der Waals surface area contributed by atoms with Gasteiger partial charge in [-0.3, -0.25) is 4.79 Å². The molecule has 0 spiro atoms. The Kier molecular flexibility index (Phi) is 4.25. The van der Waals surface area contributed by atoms with Gasteiger partial charge in [0.1, 0.15) is 5.82 Å². The normalized spacial score (nSPS) is 19.6. The van der Waals surface area contributed by atoms with Gasteiger partial charge in [-0.05, 0) is 32.4 Å². The van der Waals surface area contributed by atoms with E-state index < -0.39 is 0 Å². The maximum atomic E-state index is 12.1. The van der Waals surface area contributed by atoms with Crippen LogP contribution in [-0.4, -0.2) is 39.9 Å². The minimum Gasteiger partial charge on any atom is -0.335 e. The maximum absolute atomic E-state index is 12.1. The van der Waals surface area contributed by atoms with Crippen molar-refractivity contribution in [3.8, 4) is 0 Å². The molecule has 2 rings (SSSR count). The van der Waals surface area contributed by atoms with Crippen LogP contribution in [0.2, 0.25) is 0 Å². The molecule has 1 saturated heterocycles.